The van der Waals surface area contributed by atoms with Crippen molar-refractivity contribution in [2.75, 3.05) is 11.9 Å². The fourth-order valence-electron chi connectivity index (χ4n) is 1.88. The van der Waals surface area contributed by atoms with Gasteiger partial charge in [0.2, 0.25) is 0 Å². The van der Waals surface area contributed by atoms with Gasteiger partial charge in [-0.1, -0.05) is 13.8 Å². The van der Waals surface area contributed by atoms with E-state index in [1.165, 1.54) is 6.92 Å². The molecule has 0 aliphatic carbocycles. The predicted molar refractivity (Wildman–Crippen MR) is 79.0 cm³/mol. The lowest BCUT2D eigenvalue weighted by Crippen LogP contribution is -2.51. The molecule has 0 saturated carbocycles. The van der Waals surface area contributed by atoms with Crippen LogP contribution in [0.25, 0.3) is 0 Å². The molecule has 0 radical (unpaired) electrons. The van der Waals surface area contributed by atoms with Crippen molar-refractivity contribution in [3.8, 4) is 0 Å². The van der Waals surface area contributed by atoms with E-state index in [1.54, 1.807) is 24.3 Å². The second-order valence-corrected chi connectivity index (χ2v) is 4.86. The summed E-state index contributed by atoms with van der Waals surface area (Å²) in [5.74, 6) is -0.0164. The Hall–Kier alpha value is -1.88. The van der Waals surface area contributed by atoms with Gasteiger partial charge in [-0.25, -0.2) is 4.79 Å². The number of hydrogen-bond acceptors (Lipinski definition) is 3. The topological polar surface area (TPSA) is 78.4 Å². The van der Waals surface area contributed by atoms with Gasteiger partial charge in [-0.2, -0.15) is 0 Å². The van der Waals surface area contributed by atoms with E-state index in [9.17, 15) is 14.7 Å². The molecule has 0 unspecified atom stereocenters. The molecule has 0 aliphatic heterocycles. The fraction of sp³-hybridized carbons (Fsp3) is 0.467. The summed E-state index contributed by atoms with van der Waals surface area (Å²) in [7, 11) is 0. The third-order valence-electron chi connectivity index (χ3n) is 3.58. The molecule has 1 aromatic carbocycles. The molecular weight excluding hydrogens is 256 g/mol. The summed E-state index contributed by atoms with van der Waals surface area (Å²) >= 11 is 0. The van der Waals surface area contributed by atoms with Crippen LogP contribution in [-0.2, 0) is 0 Å². The molecule has 0 fully saturated rings. The van der Waals surface area contributed by atoms with Crippen LogP contribution in [0.15, 0.2) is 24.3 Å². The summed E-state index contributed by atoms with van der Waals surface area (Å²) in [6.45, 7) is 5.23. The highest BCUT2D eigenvalue weighted by molar-refractivity contribution is 5.95. The summed E-state index contributed by atoms with van der Waals surface area (Å²) in [4.78, 5) is 23.1. The lowest BCUT2D eigenvalue weighted by atomic mass is 9.94. The van der Waals surface area contributed by atoms with Crippen LogP contribution in [0.1, 0.15) is 44.0 Å². The maximum absolute atomic E-state index is 11.9. The maximum atomic E-state index is 11.9. The number of hydrogen-bond donors (Lipinski definition) is 3. The normalized spacial score (nSPS) is 11.0. The summed E-state index contributed by atoms with van der Waals surface area (Å²) in [5, 5.41) is 14.9. The molecule has 0 atom stereocenters. The Balaban J connectivity index is 2.68. The van der Waals surface area contributed by atoms with Crippen molar-refractivity contribution in [3.63, 3.8) is 0 Å². The van der Waals surface area contributed by atoms with Crippen LogP contribution < -0.4 is 10.6 Å². The third-order valence-corrected chi connectivity index (χ3v) is 3.58. The molecule has 1 rings (SSSR count). The Morgan fingerprint density at radius 3 is 2.10 bits per heavy atom. The third kappa shape index (κ3) is 4.06. The van der Waals surface area contributed by atoms with Gasteiger partial charge in [0.1, 0.15) is 0 Å². The summed E-state index contributed by atoms with van der Waals surface area (Å²) < 4.78 is 0. The second kappa shape index (κ2) is 7.05. The molecule has 110 valence electrons. The molecule has 1 aromatic rings. The number of amides is 2. The van der Waals surface area contributed by atoms with Crippen LogP contribution in [0, 0.1) is 0 Å². The minimum atomic E-state index is -0.594. The van der Waals surface area contributed by atoms with Crippen LogP contribution in [-0.4, -0.2) is 29.1 Å². The highest BCUT2D eigenvalue weighted by Gasteiger charge is 2.27. The average molecular weight is 278 g/mol. The average Bonchev–Trinajstić information content (AvgIpc) is 2.45. The molecule has 5 heteroatoms. The van der Waals surface area contributed by atoms with E-state index in [-0.39, 0.29) is 18.4 Å². The molecular formula is C15H22N2O3. The number of benzene rings is 1. The van der Waals surface area contributed by atoms with Crippen molar-refractivity contribution in [2.24, 2.45) is 0 Å². The first kappa shape index (κ1) is 16.2. The van der Waals surface area contributed by atoms with Crippen molar-refractivity contribution < 1.29 is 14.7 Å². The highest BCUT2D eigenvalue weighted by Crippen LogP contribution is 2.15. The van der Waals surface area contributed by atoms with Gasteiger partial charge in [0.25, 0.3) is 0 Å². The van der Waals surface area contributed by atoms with E-state index in [1.807, 2.05) is 13.8 Å². The number of aliphatic hydroxyl groups is 1. The summed E-state index contributed by atoms with van der Waals surface area (Å²) in [6, 6.07) is 6.32. The first-order chi connectivity index (χ1) is 9.46. The molecule has 2 amide bonds. The lowest BCUT2D eigenvalue weighted by Gasteiger charge is -2.30. The molecule has 0 bridgehead atoms. The van der Waals surface area contributed by atoms with Gasteiger partial charge in [-0.05, 0) is 44.0 Å². The van der Waals surface area contributed by atoms with E-state index in [4.69, 9.17) is 0 Å². The van der Waals surface area contributed by atoms with Crippen LogP contribution in [0.5, 0.6) is 0 Å². The number of carbonyl (C=O) groups excluding carboxylic acids is 2. The standard InChI is InChI=1S/C15H22N2O3/c1-4-15(5-2,10-18)17-14(20)16-13-8-6-12(7-9-13)11(3)19/h6-9,18H,4-5,10H2,1-3H3,(H2,16,17,20). The summed E-state index contributed by atoms with van der Waals surface area (Å²) in [6.07, 6.45) is 1.30. The van der Waals surface area contributed by atoms with Crippen molar-refractivity contribution in [1.29, 1.82) is 0 Å². The first-order valence-corrected chi connectivity index (χ1v) is 6.77. The van der Waals surface area contributed by atoms with Crippen molar-refractivity contribution in [1.82, 2.24) is 5.32 Å². The number of Topliss-reactive ketones (excluding diaryl/α,β-unsaturated/α-hetero) is 1. The Kier molecular flexibility index (Phi) is 5.70. The Morgan fingerprint density at radius 2 is 1.70 bits per heavy atom. The number of ketones is 1. The van der Waals surface area contributed by atoms with Gasteiger partial charge in [0, 0.05) is 11.3 Å². The minimum Gasteiger partial charge on any atom is -0.394 e. The van der Waals surface area contributed by atoms with E-state index in [0.717, 1.165) is 0 Å². The van der Waals surface area contributed by atoms with Crippen molar-refractivity contribution in [2.45, 2.75) is 39.2 Å². The molecule has 0 spiro atoms. The molecule has 0 aromatic heterocycles. The largest absolute Gasteiger partial charge is 0.394 e. The van der Waals surface area contributed by atoms with Gasteiger partial charge in [0.15, 0.2) is 5.78 Å². The maximum Gasteiger partial charge on any atom is 0.319 e. The zero-order valence-corrected chi connectivity index (χ0v) is 12.2. The molecule has 0 aliphatic rings. The minimum absolute atomic E-state index is 0.0164. The van der Waals surface area contributed by atoms with Crippen molar-refractivity contribution >= 4 is 17.5 Å². The number of aliphatic hydroxyl groups excluding tert-OH is 1. The number of carbonyl (C=O) groups is 2. The van der Waals surface area contributed by atoms with E-state index in [2.05, 4.69) is 10.6 Å². The Bertz CT molecular complexity index is 456. The number of anilines is 1. The quantitative estimate of drug-likeness (QED) is 0.700. The van der Waals surface area contributed by atoms with Crippen LogP contribution in [0.3, 0.4) is 0 Å². The zero-order chi connectivity index (χ0) is 15.2. The molecule has 5 nitrogen and oxygen atoms in total. The van der Waals surface area contributed by atoms with Crippen LogP contribution in [0.4, 0.5) is 10.5 Å². The van der Waals surface area contributed by atoms with E-state index < -0.39 is 5.54 Å². The Labute approximate surface area is 119 Å². The predicted octanol–water partition coefficient (Wildman–Crippen LogP) is 2.56. The SMILES string of the molecule is CCC(CC)(CO)NC(=O)Nc1ccc(C(C)=O)cc1. The van der Waals surface area contributed by atoms with Gasteiger partial charge in [-0.15, -0.1) is 0 Å². The van der Waals surface area contributed by atoms with Gasteiger partial charge < -0.3 is 15.7 Å². The van der Waals surface area contributed by atoms with Crippen LogP contribution in [0.2, 0.25) is 0 Å². The number of nitrogens with one attached hydrogen (secondary N) is 2. The second-order valence-electron chi connectivity index (χ2n) is 4.86. The van der Waals surface area contributed by atoms with E-state index in [0.29, 0.717) is 24.1 Å². The Morgan fingerprint density at radius 1 is 1.15 bits per heavy atom. The lowest BCUT2D eigenvalue weighted by molar-refractivity contribution is 0.101. The zero-order valence-electron chi connectivity index (χ0n) is 12.2. The van der Waals surface area contributed by atoms with E-state index >= 15 is 0 Å². The first-order valence-electron chi connectivity index (χ1n) is 6.77. The highest BCUT2D eigenvalue weighted by atomic mass is 16.3. The smallest absolute Gasteiger partial charge is 0.319 e. The molecule has 20 heavy (non-hydrogen) atoms. The molecule has 0 heterocycles. The number of urea groups is 1. The number of rotatable bonds is 6. The van der Waals surface area contributed by atoms with Crippen LogP contribution >= 0.6 is 0 Å². The van der Waals surface area contributed by atoms with Gasteiger partial charge >= 0.3 is 6.03 Å². The van der Waals surface area contributed by atoms with Crippen molar-refractivity contribution in [3.05, 3.63) is 29.8 Å². The molecule has 3 N–H and O–H groups in total. The fourth-order valence-corrected chi connectivity index (χ4v) is 1.88. The van der Waals surface area contributed by atoms with Gasteiger partial charge in [0.05, 0.1) is 12.1 Å². The molecule has 0 saturated heterocycles. The monoisotopic (exact) mass is 278 g/mol. The van der Waals surface area contributed by atoms with Gasteiger partial charge in [-0.3, -0.25) is 4.79 Å². The summed E-state index contributed by atoms with van der Waals surface area (Å²) in [5.41, 5.74) is 0.609.